The van der Waals surface area contributed by atoms with Crippen molar-refractivity contribution in [2.75, 3.05) is 13.1 Å². The van der Waals surface area contributed by atoms with E-state index in [9.17, 15) is 4.79 Å². The van der Waals surface area contributed by atoms with Gasteiger partial charge in [0.1, 0.15) is 0 Å². The number of hydrogen-bond donors (Lipinski definition) is 0. The fraction of sp³-hybridized carbons (Fsp3) is 0.350. The summed E-state index contributed by atoms with van der Waals surface area (Å²) in [4.78, 5) is 14.6. The molecule has 0 unspecified atom stereocenters. The van der Waals surface area contributed by atoms with Gasteiger partial charge in [-0.1, -0.05) is 48.5 Å². The third kappa shape index (κ3) is 3.38. The molecule has 0 atom stereocenters. The summed E-state index contributed by atoms with van der Waals surface area (Å²) in [6.45, 7) is 3.77. The van der Waals surface area contributed by atoms with Crippen molar-refractivity contribution in [3.63, 3.8) is 0 Å². The fourth-order valence-corrected chi connectivity index (χ4v) is 3.27. The molecule has 2 aromatic rings. The highest BCUT2D eigenvalue weighted by Crippen LogP contribution is 2.23. The second-order valence-corrected chi connectivity index (χ2v) is 6.24. The Balaban J connectivity index is 1.58. The van der Waals surface area contributed by atoms with Crippen LogP contribution >= 0.6 is 0 Å². The number of rotatable bonds is 3. The number of carbonyl (C=O) groups excluding carboxylic acids is 1. The van der Waals surface area contributed by atoms with Crippen LogP contribution in [0.15, 0.2) is 54.6 Å². The van der Waals surface area contributed by atoms with Crippen molar-refractivity contribution in [3.8, 4) is 0 Å². The van der Waals surface area contributed by atoms with E-state index in [0.29, 0.717) is 5.92 Å². The number of nitrogens with zero attached hydrogens (tertiary/aromatic N) is 1. The predicted molar refractivity (Wildman–Crippen MR) is 90.0 cm³/mol. The van der Waals surface area contributed by atoms with Gasteiger partial charge < -0.3 is 4.90 Å². The number of carbonyl (C=O) groups is 1. The number of amides is 1. The van der Waals surface area contributed by atoms with Crippen molar-refractivity contribution in [1.29, 1.82) is 0 Å². The highest BCUT2D eigenvalue weighted by atomic mass is 16.2. The van der Waals surface area contributed by atoms with Crippen molar-refractivity contribution in [2.45, 2.75) is 26.2 Å². The van der Waals surface area contributed by atoms with Crippen molar-refractivity contribution >= 4 is 5.91 Å². The van der Waals surface area contributed by atoms with E-state index in [1.807, 2.05) is 36.1 Å². The molecule has 1 amide bonds. The summed E-state index contributed by atoms with van der Waals surface area (Å²) in [6, 6.07) is 18.5. The first-order chi connectivity index (χ1) is 10.7. The van der Waals surface area contributed by atoms with Crippen LogP contribution in [0.25, 0.3) is 0 Å². The van der Waals surface area contributed by atoms with Crippen molar-refractivity contribution in [3.05, 3.63) is 71.3 Å². The molecule has 22 heavy (non-hydrogen) atoms. The number of likely N-dealkylation sites (tertiary alicyclic amines) is 1. The molecule has 0 N–H and O–H groups in total. The third-order valence-corrected chi connectivity index (χ3v) is 4.64. The second kappa shape index (κ2) is 6.78. The Labute approximate surface area is 132 Å². The van der Waals surface area contributed by atoms with E-state index in [4.69, 9.17) is 0 Å². The van der Waals surface area contributed by atoms with Crippen molar-refractivity contribution in [2.24, 2.45) is 5.92 Å². The first-order valence-electron chi connectivity index (χ1n) is 8.13. The Kier molecular flexibility index (Phi) is 4.57. The van der Waals surface area contributed by atoms with Gasteiger partial charge in [-0.2, -0.15) is 0 Å². The molecule has 1 aliphatic rings. The Hall–Kier alpha value is -2.09. The maximum atomic E-state index is 12.6. The van der Waals surface area contributed by atoms with Gasteiger partial charge in [-0.25, -0.2) is 0 Å². The van der Waals surface area contributed by atoms with Gasteiger partial charge in [0, 0.05) is 18.7 Å². The SMILES string of the molecule is Cc1ccccc1C(=O)N1CCC(Cc2ccccc2)CC1. The molecule has 1 heterocycles. The number of hydrogen-bond acceptors (Lipinski definition) is 1. The van der Waals surface area contributed by atoms with E-state index in [1.54, 1.807) is 0 Å². The number of aryl methyl sites for hydroxylation is 1. The molecule has 0 aromatic heterocycles. The summed E-state index contributed by atoms with van der Waals surface area (Å²) >= 11 is 0. The van der Waals surface area contributed by atoms with Crippen molar-refractivity contribution in [1.82, 2.24) is 4.90 Å². The second-order valence-electron chi connectivity index (χ2n) is 6.24. The lowest BCUT2D eigenvalue weighted by atomic mass is 9.90. The van der Waals surface area contributed by atoms with Crippen LogP contribution in [-0.4, -0.2) is 23.9 Å². The maximum absolute atomic E-state index is 12.6. The van der Waals surface area contributed by atoms with Gasteiger partial charge in [0.05, 0.1) is 0 Å². The standard InChI is InChI=1S/C20H23NO/c1-16-7-5-6-10-19(16)20(22)21-13-11-18(12-14-21)15-17-8-3-2-4-9-17/h2-10,18H,11-15H2,1H3. The Morgan fingerprint density at radius 2 is 1.64 bits per heavy atom. The van der Waals surface area contributed by atoms with E-state index < -0.39 is 0 Å². The molecule has 2 aromatic carbocycles. The lowest BCUT2D eigenvalue weighted by Gasteiger charge is -2.32. The summed E-state index contributed by atoms with van der Waals surface area (Å²) in [6.07, 6.45) is 3.34. The summed E-state index contributed by atoms with van der Waals surface area (Å²) in [5, 5.41) is 0. The molecule has 1 fully saturated rings. The van der Waals surface area contributed by atoms with E-state index >= 15 is 0 Å². The van der Waals surface area contributed by atoms with Crippen LogP contribution in [0.3, 0.4) is 0 Å². The summed E-state index contributed by atoms with van der Waals surface area (Å²) in [7, 11) is 0. The summed E-state index contributed by atoms with van der Waals surface area (Å²) in [5.41, 5.74) is 3.33. The van der Waals surface area contributed by atoms with Crippen LogP contribution in [-0.2, 0) is 6.42 Å². The zero-order chi connectivity index (χ0) is 15.4. The van der Waals surface area contributed by atoms with E-state index in [1.165, 1.54) is 5.56 Å². The van der Waals surface area contributed by atoms with E-state index in [-0.39, 0.29) is 5.91 Å². The quantitative estimate of drug-likeness (QED) is 0.834. The Bertz CT molecular complexity index is 627. The van der Waals surface area contributed by atoms with Gasteiger partial charge in [-0.05, 0) is 49.3 Å². The van der Waals surface area contributed by atoms with Gasteiger partial charge in [-0.15, -0.1) is 0 Å². The average Bonchev–Trinajstić information content (AvgIpc) is 2.56. The van der Waals surface area contributed by atoms with Crippen LogP contribution < -0.4 is 0 Å². The Morgan fingerprint density at radius 1 is 1.00 bits per heavy atom. The van der Waals surface area contributed by atoms with Crippen molar-refractivity contribution < 1.29 is 4.79 Å². The molecule has 0 aliphatic carbocycles. The van der Waals surface area contributed by atoms with Gasteiger partial charge >= 0.3 is 0 Å². The number of benzene rings is 2. The largest absolute Gasteiger partial charge is 0.339 e. The first-order valence-corrected chi connectivity index (χ1v) is 8.13. The minimum Gasteiger partial charge on any atom is -0.339 e. The molecule has 0 saturated carbocycles. The van der Waals surface area contributed by atoms with E-state index in [2.05, 4.69) is 30.3 Å². The molecular weight excluding hydrogens is 270 g/mol. The molecule has 0 radical (unpaired) electrons. The topological polar surface area (TPSA) is 20.3 Å². The third-order valence-electron chi connectivity index (χ3n) is 4.64. The average molecular weight is 293 g/mol. The minimum absolute atomic E-state index is 0.191. The first kappa shape index (κ1) is 14.8. The van der Waals surface area contributed by atoms with Crippen LogP contribution in [0.1, 0.15) is 34.3 Å². The molecular formula is C20H23NO. The van der Waals surface area contributed by atoms with Crippen LogP contribution in [0.5, 0.6) is 0 Å². The van der Waals surface area contributed by atoms with Crippen LogP contribution in [0.2, 0.25) is 0 Å². The van der Waals surface area contributed by atoms with Gasteiger partial charge in [0.2, 0.25) is 0 Å². The normalized spacial score (nSPS) is 15.8. The fourth-order valence-electron chi connectivity index (χ4n) is 3.27. The lowest BCUT2D eigenvalue weighted by Crippen LogP contribution is -2.39. The molecule has 1 saturated heterocycles. The summed E-state index contributed by atoms with van der Waals surface area (Å²) in [5.74, 6) is 0.889. The molecule has 1 aliphatic heterocycles. The molecule has 0 bridgehead atoms. The highest BCUT2D eigenvalue weighted by molar-refractivity contribution is 5.95. The molecule has 2 nitrogen and oxygen atoms in total. The van der Waals surface area contributed by atoms with Gasteiger partial charge in [0.15, 0.2) is 0 Å². The maximum Gasteiger partial charge on any atom is 0.254 e. The lowest BCUT2D eigenvalue weighted by molar-refractivity contribution is 0.0690. The van der Waals surface area contributed by atoms with Gasteiger partial charge in [0.25, 0.3) is 5.91 Å². The van der Waals surface area contributed by atoms with Gasteiger partial charge in [-0.3, -0.25) is 4.79 Å². The molecule has 0 spiro atoms. The number of piperidine rings is 1. The summed E-state index contributed by atoms with van der Waals surface area (Å²) < 4.78 is 0. The smallest absolute Gasteiger partial charge is 0.254 e. The van der Waals surface area contributed by atoms with Crippen LogP contribution in [0, 0.1) is 12.8 Å². The molecule has 3 rings (SSSR count). The highest BCUT2D eigenvalue weighted by Gasteiger charge is 2.24. The monoisotopic (exact) mass is 293 g/mol. The molecule has 114 valence electrons. The zero-order valence-corrected chi connectivity index (χ0v) is 13.2. The molecule has 2 heteroatoms. The van der Waals surface area contributed by atoms with E-state index in [0.717, 1.165) is 43.5 Å². The predicted octanol–water partition coefficient (Wildman–Crippen LogP) is 4.09. The Morgan fingerprint density at radius 3 is 2.32 bits per heavy atom. The zero-order valence-electron chi connectivity index (χ0n) is 13.2. The van der Waals surface area contributed by atoms with Crippen LogP contribution in [0.4, 0.5) is 0 Å². The minimum atomic E-state index is 0.191.